The molecule has 1 N–H and O–H groups in total. The van der Waals surface area contributed by atoms with Crippen molar-refractivity contribution >= 4 is 11.8 Å². The van der Waals surface area contributed by atoms with Crippen LogP contribution in [-0.2, 0) is 12.2 Å². The van der Waals surface area contributed by atoms with Gasteiger partial charge < -0.3 is 4.98 Å². The molecule has 1 aromatic rings. The van der Waals surface area contributed by atoms with Crippen LogP contribution in [0.25, 0.3) is 0 Å². The summed E-state index contributed by atoms with van der Waals surface area (Å²) in [5.74, 6) is 3.43. The monoisotopic (exact) mass is 179 g/mol. The third-order valence-corrected chi connectivity index (χ3v) is 3.79. The Morgan fingerprint density at radius 2 is 2.33 bits per heavy atom. The van der Waals surface area contributed by atoms with Gasteiger partial charge in [-0.1, -0.05) is 0 Å². The fourth-order valence-electron chi connectivity index (χ4n) is 1.89. The van der Waals surface area contributed by atoms with Crippen molar-refractivity contribution in [3.63, 3.8) is 0 Å². The molecule has 2 aliphatic rings. The smallest absolute Gasteiger partial charge is 0.0202 e. The van der Waals surface area contributed by atoms with Gasteiger partial charge in [0.05, 0.1) is 0 Å². The van der Waals surface area contributed by atoms with Crippen molar-refractivity contribution in [3.8, 4) is 0 Å². The van der Waals surface area contributed by atoms with E-state index >= 15 is 0 Å². The van der Waals surface area contributed by atoms with Gasteiger partial charge in [0.25, 0.3) is 0 Å². The maximum absolute atomic E-state index is 3.58. The van der Waals surface area contributed by atoms with E-state index in [0.29, 0.717) is 0 Å². The molecule has 0 atom stereocenters. The van der Waals surface area contributed by atoms with E-state index in [4.69, 9.17) is 0 Å². The summed E-state index contributed by atoms with van der Waals surface area (Å²) in [5, 5.41) is 0. The van der Waals surface area contributed by atoms with Gasteiger partial charge in [0.1, 0.15) is 0 Å². The van der Waals surface area contributed by atoms with E-state index in [1.54, 1.807) is 5.56 Å². The zero-order valence-corrected chi connectivity index (χ0v) is 7.91. The Kier molecular flexibility index (Phi) is 1.51. The fourth-order valence-corrected chi connectivity index (χ4v) is 2.86. The average Bonchev–Trinajstić information content (AvgIpc) is 2.85. The number of aromatic amines is 1. The summed E-state index contributed by atoms with van der Waals surface area (Å²) in [7, 11) is 0. The SMILES string of the molecule is c1c(C2CC2)[nH]c2c1CSCC2. The number of H-pyrrole nitrogens is 1. The molecule has 1 saturated carbocycles. The zero-order chi connectivity index (χ0) is 7.97. The first kappa shape index (κ1) is 7.07. The van der Waals surface area contributed by atoms with E-state index in [-0.39, 0.29) is 0 Å². The van der Waals surface area contributed by atoms with E-state index in [1.807, 2.05) is 0 Å². The molecule has 0 amide bonds. The van der Waals surface area contributed by atoms with Crippen LogP contribution in [-0.4, -0.2) is 10.7 Å². The normalized spacial score (nSPS) is 22.3. The summed E-state index contributed by atoms with van der Waals surface area (Å²) >= 11 is 2.06. The van der Waals surface area contributed by atoms with Gasteiger partial charge in [0.2, 0.25) is 0 Å². The molecule has 0 radical (unpaired) electrons. The summed E-state index contributed by atoms with van der Waals surface area (Å²) in [6.45, 7) is 0. The number of hydrogen-bond donors (Lipinski definition) is 1. The van der Waals surface area contributed by atoms with Crippen LogP contribution in [0.1, 0.15) is 35.7 Å². The summed E-state index contributed by atoms with van der Waals surface area (Å²) in [6, 6.07) is 2.40. The molecular weight excluding hydrogens is 166 g/mol. The lowest BCUT2D eigenvalue weighted by Gasteiger charge is -2.08. The number of fused-ring (bicyclic) bond motifs is 1. The van der Waals surface area contributed by atoms with Crippen LogP contribution in [0.5, 0.6) is 0 Å². The van der Waals surface area contributed by atoms with Gasteiger partial charge in [-0.25, -0.2) is 0 Å². The van der Waals surface area contributed by atoms with Gasteiger partial charge >= 0.3 is 0 Å². The second-order valence-corrected chi connectivity index (χ2v) is 4.91. The van der Waals surface area contributed by atoms with Gasteiger partial charge in [-0.2, -0.15) is 11.8 Å². The zero-order valence-electron chi connectivity index (χ0n) is 7.10. The molecule has 0 saturated heterocycles. The minimum atomic E-state index is 0.889. The highest BCUT2D eigenvalue weighted by Gasteiger charge is 2.26. The molecule has 3 rings (SSSR count). The van der Waals surface area contributed by atoms with Crippen LogP contribution < -0.4 is 0 Å². The molecular formula is C10H13NS. The van der Waals surface area contributed by atoms with Crippen molar-refractivity contribution in [2.75, 3.05) is 5.75 Å². The number of thioether (sulfide) groups is 1. The predicted molar refractivity (Wildman–Crippen MR) is 52.6 cm³/mol. The topological polar surface area (TPSA) is 15.8 Å². The van der Waals surface area contributed by atoms with Crippen LogP contribution in [0.4, 0.5) is 0 Å². The van der Waals surface area contributed by atoms with Gasteiger partial charge in [-0.05, 0) is 42.6 Å². The first-order valence-corrected chi connectivity index (χ1v) is 5.87. The number of aromatic nitrogens is 1. The molecule has 12 heavy (non-hydrogen) atoms. The van der Waals surface area contributed by atoms with E-state index in [9.17, 15) is 0 Å². The highest BCUT2D eigenvalue weighted by atomic mass is 32.2. The first-order chi connectivity index (χ1) is 5.93. The fraction of sp³-hybridized carbons (Fsp3) is 0.600. The third kappa shape index (κ3) is 1.09. The van der Waals surface area contributed by atoms with E-state index in [0.717, 1.165) is 5.92 Å². The minimum absolute atomic E-state index is 0.889. The second-order valence-electron chi connectivity index (χ2n) is 3.81. The first-order valence-electron chi connectivity index (χ1n) is 4.72. The molecule has 0 bridgehead atoms. The molecule has 1 aromatic heterocycles. The third-order valence-electron chi connectivity index (χ3n) is 2.78. The van der Waals surface area contributed by atoms with E-state index < -0.39 is 0 Å². The highest BCUT2D eigenvalue weighted by Crippen LogP contribution is 2.41. The standard InChI is InChI=1S/C10H13NS/c1-2-7(1)10-5-8-6-12-4-3-9(8)11-10/h5,7,11H,1-4,6H2. The Labute approximate surface area is 76.9 Å². The Hall–Kier alpha value is -0.370. The van der Waals surface area contributed by atoms with Crippen LogP contribution in [0, 0.1) is 0 Å². The predicted octanol–water partition coefficient (Wildman–Crippen LogP) is 2.68. The van der Waals surface area contributed by atoms with Crippen LogP contribution >= 0.6 is 11.8 Å². The number of aryl methyl sites for hydroxylation is 1. The maximum atomic E-state index is 3.58. The Bertz CT molecular complexity index is 275. The molecule has 2 heteroatoms. The van der Waals surface area contributed by atoms with Crippen LogP contribution in [0.3, 0.4) is 0 Å². The molecule has 64 valence electrons. The van der Waals surface area contributed by atoms with Crippen molar-refractivity contribution < 1.29 is 0 Å². The molecule has 0 spiro atoms. The van der Waals surface area contributed by atoms with Crippen molar-refractivity contribution in [3.05, 3.63) is 23.0 Å². The van der Waals surface area contributed by atoms with Crippen molar-refractivity contribution in [2.45, 2.75) is 30.9 Å². The highest BCUT2D eigenvalue weighted by molar-refractivity contribution is 7.98. The summed E-state index contributed by atoms with van der Waals surface area (Å²) in [4.78, 5) is 3.58. The summed E-state index contributed by atoms with van der Waals surface area (Å²) < 4.78 is 0. The van der Waals surface area contributed by atoms with E-state index in [1.165, 1.54) is 42.2 Å². The van der Waals surface area contributed by atoms with Gasteiger partial charge in [-0.15, -0.1) is 0 Å². The lowest BCUT2D eigenvalue weighted by molar-refractivity contribution is 0.977. The Morgan fingerprint density at radius 3 is 3.08 bits per heavy atom. The molecule has 0 unspecified atom stereocenters. The molecule has 1 aliphatic heterocycles. The molecule has 1 aliphatic carbocycles. The molecule has 1 fully saturated rings. The quantitative estimate of drug-likeness (QED) is 0.701. The minimum Gasteiger partial charge on any atom is -0.362 e. The molecule has 1 nitrogen and oxygen atoms in total. The summed E-state index contributed by atoms with van der Waals surface area (Å²) in [5.41, 5.74) is 4.62. The van der Waals surface area contributed by atoms with Crippen LogP contribution in [0.2, 0.25) is 0 Å². The van der Waals surface area contributed by atoms with Crippen molar-refractivity contribution in [1.29, 1.82) is 0 Å². The maximum Gasteiger partial charge on any atom is 0.0202 e. The van der Waals surface area contributed by atoms with Crippen molar-refractivity contribution in [1.82, 2.24) is 4.98 Å². The van der Waals surface area contributed by atoms with Crippen molar-refractivity contribution in [2.24, 2.45) is 0 Å². The second kappa shape index (κ2) is 2.56. The number of nitrogens with one attached hydrogen (secondary N) is 1. The van der Waals surface area contributed by atoms with Gasteiger partial charge in [0.15, 0.2) is 0 Å². The lowest BCUT2D eigenvalue weighted by atomic mass is 10.2. The number of hydrogen-bond acceptors (Lipinski definition) is 1. The summed E-state index contributed by atoms with van der Waals surface area (Å²) in [6.07, 6.45) is 4.08. The van der Waals surface area contributed by atoms with Gasteiger partial charge in [0, 0.05) is 17.1 Å². The molecule has 2 heterocycles. The molecule has 0 aromatic carbocycles. The van der Waals surface area contributed by atoms with Gasteiger partial charge in [-0.3, -0.25) is 0 Å². The lowest BCUT2D eigenvalue weighted by Crippen LogP contribution is -1.99. The largest absolute Gasteiger partial charge is 0.362 e. The average molecular weight is 179 g/mol. The Balaban J connectivity index is 1.97. The Morgan fingerprint density at radius 1 is 1.42 bits per heavy atom. The van der Waals surface area contributed by atoms with Crippen LogP contribution in [0.15, 0.2) is 6.07 Å². The number of rotatable bonds is 1. The van der Waals surface area contributed by atoms with E-state index in [2.05, 4.69) is 22.8 Å².